The fourth-order valence-electron chi connectivity index (χ4n) is 2.53. The van der Waals surface area contributed by atoms with Gasteiger partial charge in [0.25, 0.3) is 10.0 Å². The van der Waals surface area contributed by atoms with Crippen LogP contribution < -0.4 is 25.4 Å². The van der Waals surface area contributed by atoms with Gasteiger partial charge in [-0.1, -0.05) is 6.07 Å². The van der Waals surface area contributed by atoms with Crippen LogP contribution >= 0.6 is 0 Å². The van der Waals surface area contributed by atoms with Gasteiger partial charge < -0.3 is 20.5 Å². The molecule has 0 aromatic heterocycles. The molecule has 16 heteroatoms. The number of hydrogen-bond acceptors (Lipinski definition) is 9. The van der Waals surface area contributed by atoms with Gasteiger partial charge >= 0.3 is 12.0 Å². The molecule has 0 bridgehead atoms. The largest absolute Gasteiger partial charge is 0.478 e. The number of amides is 3. The van der Waals surface area contributed by atoms with E-state index in [1.165, 1.54) is 13.2 Å². The van der Waals surface area contributed by atoms with Crippen LogP contribution in [-0.4, -0.2) is 65.7 Å². The van der Waals surface area contributed by atoms with Gasteiger partial charge in [-0.2, -0.15) is 0 Å². The summed E-state index contributed by atoms with van der Waals surface area (Å²) in [7, 11) is -6.95. The van der Waals surface area contributed by atoms with Crippen molar-refractivity contribution >= 4 is 38.0 Å². The van der Waals surface area contributed by atoms with E-state index in [2.05, 4.69) is 20.7 Å². The number of carboxylic acids is 1. The Morgan fingerprint density at radius 2 is 1.94 bits per heavy atom. The molecule has 1 aromatic carbocycles. The normalized spacial score (nSPS) is 19.4. The molecule has 14 nitrogen and oxygen atoms in total. The molecular weight excluding hydrogens is 458 g/mol. The van der Waals surface area contributed by atoms with Gasteiger partial charge in [0.15, 0.2) is 6.29 Å². The number of hydrogen-bond donors (Lipinski definition) is 6. The van der Waals surface area contributed by atoms with Crippen LogP contribution in [0.15, 0.2) is 23.1 Å². The maximum absolute atomic E-state index is 12.6. The minimum absolute atomic E-state index is 0.0229. The molecule has 31 heavy (non-hydrogen) atoms. The summed E-state index contributed by atoms with van der Waals surface area (Å²) in [4.78, 5) is 34.4. The first-order chi connectivity index (χ1) is 14.3. The van der Waals surface area contributed by atoms with Crippen molar-refractivity contribution in [3.05, 3.63) is 29.3 Å². The van der Waals surface area contributed by atoms with Gasteiger partial charge in [-0.15, -0.1) is 0 Å². The van der Waals surface area contributed by atoms with Gasteiger partial charge in [0.05, 0.1) is 18.2 Å². The molecule has 2 unspecified atom stereocenters. The van der Waals surface area contributed by atoms with E-state index in [1.54, 1.807) is 4.72 Å². The molecule has 1 fully saturated rings. The zero-order chi connectivity index (χ0) is 23.4. The Morgan fingerprint density at radius 3 is 2.52 bits per heavy atom. The zero-order valence-electron chi connectivity index (χ0n) is 16.3. The van der Waals surface area contributed by atoms with E-state index in [1.807, 2.05) is 0 Å². The van der Waals surface area contributed by atoms with Crippen molar-refractivity contribution in [1.82, 2.24) is 25.4 Å². The number of urea groups is 1. The number of sulfonamides is 2. The van der Waals surface area contributed by atoms with Crippen LogP contribution in [0, 0.1) is 0 Å². The molecule has 3 amide bonds. The van der Waals surface area contributed by atoms with Gasteiger partial charge in [0.1, 0.15) is 11.1 Å². The van der Waals surface area contributed by atoms with E-state index in [0.29, 0.717) is 0 Å². The van der Waals surface area contributed by atoms with E-state index >= 15 is 0 Å². The number of carbonyl (C=O) groups is 3. The second-order valence-corrected chi connectivity index (χ2v) is 9.89. The molecule has 172 valence electrons. The second-order valence-electron chi connectivity index (χ2n) is 6.40. The van der Waals surface area contributed by atoms with Gasteiger partial charge in [0, 0.05) is 13.7 Å². The first-order valence-electron chi connectivity index (χ1n) is 8.53. The molecule has 1 aliphatic heterocycles. The summed E-state index contributed by atoms with van der Waals surface area (Å²) >= 11 is 0. The standard InChI is InChI=1S/C15H21N5O9S2/c1-29-12-6-11(21)17-14(18-12)19-15(24)20-31(27,28)10-5-8(7-16-30(2,25)26)3-4-9(10)13(22)23/h3-5,12,14,16,18H,6-7H2,1-2H3,(H,17,21)(H,22,23)(H2,19,20,24). The third-order valence-electron chi connectivity index (χ3n) is 3.92. The summed E-state index contributed by atoms with van der Waals surface area (Å²) in [6.45, 7) is -0.302. The second kappa shape index (κ2) is 9.56. The van der Waals surface area contributed by atoms with E-state index in [4.69, 9.17) is 4.74 Å². The summed E-state index contributed by atoms with van der Waals surface area (Å²) in [6.07, 6.45) is -0.988. The molecule has 1 saturated heterocycles. The smallest absolute Gasteiger partial charge is 0.337 e. The summed E-state index contributed by atoms with van der Waals surface area (Å²) in [5, 5.41) is 16.5. The van der Waals surface area contributed by atoms with Crippen molar-refractivity contribution in [3.8, 4) is 0 Å². The van der Waals surface area contributed by atoms with Crippen molar-refractivity contribution in [1.29, 1.82) is 0 Å². The van der Waals surface area contributed by atoms with Crippen LogP contribution in [0.5, 0.6) is 0 Å². The zero-order valence-corrected chi connectivity index (χ0v) is 18.0. The molecule has 0 spiro atoms. The van der Waals surface area contributed by atoms with E-state index in [9.17, 15) is 36.3 Å². The van der Waals surface area contributed by atoms with E-state index in [-0.39, 0.29) is 18.5 Å². The Balaban J connectivity index is 2.21. The Hall–Kier alpha value is -2.79. The number of benzene rings is 1. The Kier molecular flexibility index (Phi) is 7.55. The number of rotatable bonds is 8. The lowest BCUT2D eigenvalue weighted by Gasteiger charge is -2.30. The van der Waals surface area contributed by atoms with Crippen molar-refractivity contribution in [3.63, 3.8) is 0 Å². The highest BCUT2D eigenvalue weighted by Crippen LogP contribution is 2.18. The number of carboxylic acid groups (broad SMARTS) is 1. The third-order valence-corrected chi connectivity index (χ3v) is 5.96. The molecule has 0 saturated carbocycles. The van der Waals surface area contributed by atoms with Crippen molar-refractivity contribution in [2.45, 2.75) is 30.4 Å². The maximum Gasteiger partial charge on any atom is 0.337 e. The number of methoxy groups -OCH3 is 1. The van der Waals surface area contributed by atoms with Crippen molar-refractivity contribution in [2.24, 2.45) is 0 Å². The molecule has 0 aliphatic carbocycles. The van der Waals surface area contributed by atoms with Gasteiger partial charge in [-0.05, 0) is 17.7 Å². The summed E-state index contributed by atoms with van der Waals surface area (Å²) in [6, 6.07) is 1.87. The Labute approximate surface area is 177 Å². The van der Waals surface area contributed by atoms with Crippen LogP contribution in [0.1, 0.15) is 22.3 Å². The number of carbonyl (C=O) groups excluding carboxylic acids is 2. The predicted octanol–water partition coefficient (Wildman–Crippen LogP) is -2.21. The lowest BCUT2D eigenvalue weighted by Crippen LogP contribution is -2.65. The van der Waals surface area contributed by atoms with Crippen LogP contribution in [0.4, 0.5) is 4.79 Å². The van der Waals surface area contributed by atoms with E-state index < -0.39 is 60.9 Å². The molecule has 0 radical (unpaired) electrons. The number of nitrogens with one attached hydrogen (secondary N) is 5. The topological polar surface area (TPSA) is 209 Å². The highest BCUT2D eigenvalue weighted by atomic mass is 32.2. The van der Waals surface area contributed by atoms with Crippen molar-refractivity contribution in [2.75, 3.05) is 13.4 Å². The van der Waals surface area contributed by atoms with Crippen LogP contribution in [-0.2, 0) is 36.1 Å². The SMILES string of the molecule is COC1CC(=O)NC(NC(=O)NS(=O)(=O)c2cc(CNS(C)(=O)=O)ccc2C(=O)O)N1. The highest BCUT2D eigenvalue weighted by molar-refractivity contribution is 7.90. The lowest BCUT2D eigenvalue weighted by molar-refractivity contribution is -0.129. The molecule has 1 heterocycles. The summed E-state index contributed by atoms with van der Waals surface area (Å²) < 4.78 is 56.5. The average Bonchev–Trinajstić information content (AvgIpc) is 2.64. The highest BCUT2D eigenvalue weighted by Gasteiger charge is 2.29. The predicted molar refractivity (Wildman–Crippen MR) is 104 cm³/mol. The average molecular weight is 479 g/mol. The maximum atomic E-state index is 12.6. The minimum atomic E-state index is -4.69. The lowest BCUT2D eigenvalue weighted by atomic mass is 10.1. The first-order valence-corrected chi connectivity index (χ1v) is 11.9. The minimum Gasteiger partial charge on any atom is -0.478 e. The van der Waals surface area contributed by atoms with Crippen LogP contribution in [0.25, 0.3) is 0 Å². The van der Waals surface area contributed by atoms with E-state index in [0.717, 1.165) is 18.4 Å². The molecular formula is C15H21N5O9S2. The summed E-state index contributed by atoms with van der Waals surface area (Å²) in [5.41, 5.74) is -0.493. The third kappa shape index (κ3) is 7.14. The van der Waals surface area contributed by atoms with Crippen LogP contribution in [0.2, 0.25) is 0 Å². The Morgan fingerprint density at radius 1 is 1.26 bits per heavy atom. The molecule has 2 rings (SSSR count). The molecule has 1 aromatic rings. The van der Waals surface area contributed by atoms with Crippen molar-refractivity contribution < 1.29 is 41.1 Å². The number of ether oxygens (including phenoxy) is 1. The monoisotopic (exact) mass is 479 g/mol. The summed E-state index contributed by atoms with van der Waals surface area (Å²) in [5.74, 6) is -2.04. The Bertz CT molecular complexity index is 1090. The number of aromatic carboxylic acids is 1. The van der Waals surface area contributed by atoms with Gasteiger partial charge in [-0.25, -0.2) is 35.9 Å². The molecule has 6 N–H and O–H groups in total. The fraction of sp³-hybridized carbons (Fsp3) is 0.400. The fourth-order valence-corrected chi connectivity index (χ4v) is 4.12. The van der Waals surface area contributed by atoms with Gasteiger partial charge in [-0.3, -0.25) is 10.1 Å². The first kappa shape index (κ1) is 24.5. The van der Waals surface area contributed by atoms with Gasteiger partial charge in [0.2, 0.25) is 15.9 Å². The molecule has 1 aliphatic rings. The molecule has 2 atom stereocenters. The quantitative estimate of drug-likeness (QED) is 0.237. The van der Waals surface area contributed by atoms with Crippen LogP contribution in [0.3, 0.4) is 0 Å².